The first kappa shape index (κ1) is 12.0. The van der Waals surface area contributed by atoms with E-state index in [-0.39, 0.29) is 5.91 Å². The van der Waals surface area contributed by atoms with Crippen LogP contribution >= 0.6 is 0 Å². The summed E-state index contributed by atoms with van der Waals surface area (Å²) in [5.74, 6) is -0.844. The van der Waals surface area contributed by atoms with Crippen LogP contribution in [0.4, 0.5) is 0 Å². The molecular weight excluding hydrogens is 194 g/mol. The Hall–Kier alpha value is -1.06. The second-order valence-corrected chi connectivity index (χ2v) is 4.15. The summed E-state index contributed by atoms with van der Waals surface area (Å²) in [6, 6.07) is -0.737. The van der Waals surface area contributed by atoms with E-state index in [4.69, 9.17) is 0 Å². The third kappa shape index (κ3) is 2.70. The van der Waals surface area contributed by atoms with Crippen molar-refractivity contribution in [1.82, 2.24) is 4.90 Å². The van der Waals surface area contributed by atoms with E-state index in [1.165, 1.54) is 4.90 Å². The van der Waals surface area contributed by atoms with Crippen molar-refractivity contribution < 1.29 is 14.7 Å². The van der Waals surface area contributed by atoms with Gasteiger partial charge in [-0.1, -0.05) is 20.3 Å². The zero-order chi connectivity index (χ0) is 11.4. The molecule has 0 aliphatic carbocycles. The fourth-order valence-electron chi connectivity index (χ4n) is 2.23. The van der Waals surface area contributed by atoms with Crippen LogP contribution in [0.1, 0.15) is 39.5 Å². The highest BCUT2D eigenvalue weighted by molar-refractivity contribution is 5.85. The number of carbonyl (C=O) groups excluding carboxylic acids is 2. The summed E-state index contributed by atoms with van der Waals surface area (Å²) in [5, 5.41) is 10.8. The van der Waals surface area contributed by atoms with Gasteiger partial charge in [0.1, 0.15) is 6.04 Å². The molecule has 0 aromatic carbocycles. The van der Waals surface area contributed by atoms with Crippen LogP contribution in [0.2, 0.25) is 0 Å². The maximum atomic E-state index is 11.6. The molecule has 1 saturated heterocycles. The van der Waals surface area contributed by atoms with E-state index in [2.05, 4.69) is 6.92 Å². The van der Waals surface area contributed by atoms with Gasteiger partial charge < -0.3 is 4.90 Å². The van der Waals surface area contributed by atoms with Gasteiger partial charge in [-0.2, -0.15) is 0 Å². The van der Waals surface area contributed by atoms with Crippen molar-refractivity contribution in [2.24, 2.45) is 5.92 Å². The smallest absolute Gasteiger partial charge is 0.328 e. The van der Waals surface area contributed by atoms with Crippen molar-refractivity contribution in [2.45, 2.75) is 45.6 Å². The Morgan fingerprint density at radius 3 is 2.67 bits per heavy atom. The number of rotatable bonds is 5. The van der Waals surface area contributed by atoms with Crippen LogP contribution in [-0.4, -0.2) is 29.4 Å². The normalized spacial score (nSPS) is 23.2. The lowest BCUT2D eigenvalue weighted by atomic mass is 10.0. The summed E-state index contributed by atoms with van der Waals surface area (Å²) in [6.07, 6.45) is 2.95. The molecule has 2 atom stereocenters. The monoisotopic (exact) mass is 212 g/mol. The Kier molecular flexibility index (Phi) is 4.12. The number of carbonyl (C=O) groups is 2. The lowest BCUT2D eigenvalue weighted by Crippen LogP contribution is -2.41. The average molecular weight is 212 g/mol. The molecule has 1 aliphatic rings. The highest BCUT2D eigenvalue weighted by atomic mass is 16.4. The van der Waals surface area contributed by atoms with Crippen molar-refractivity contribution in [3.05, 3.63) is 0 Å². The van der Waals surface area contributed by atoms with Gasteiger partial charge in [-0.3, -0.25) is 4.79 Å². The number of nitrogens with zero attached hydrogens (tertiary/aromatic N) is 1. The maximum Gasteiger partial charge on any atom is 0.377 e. The largest absolute Gasteiger partial charge is 0.377 e. The van der Waals surface area contributed by atoms with Gasteiger partial charge in [-0.25, -0.2) is 9.90 Å². The van der Waals surface area contributed by atoms with Gasteiger partial charge in [-0.05, 0) is 18.8 Å². The minimum absolute atomic E-state index is 0.0375. The Morgan fingerprint density at radius 2 is 2.20 bits per heavy atom. The lowest BCUT2D eigenvalue weighted by molar-refractivity contribution is -0.153. The summed E-state index contributed by atoms with van der Waals surface area (Å²) < 4.78 is 0. The second-order valence-electron chi connectivity index (χ2n) is 4.15. The van der Waals surface area contributed by atoms with Crippen LogP contribution in [0.15, 0.2) is 0 Å². The van der Waals surface area contributed by atoms with E-state index in [0.29, 0.717) is 25.3 Å². The maximum absolute atomic E-state index is 11.6. The summed E-state index contributed by atoms with van der Waals surface area (Å²) in [6.45, 7) is 4.42. The van der Waals surface area contributed by atoms with Crippen molar-refractivity contribution >= 4 is 11.9 Å². The van der Waals surface area contributed by atoms with Crippen molar-refractivity contribution in [2.75, 3.05) is 6.54 Å². The van der Waals surface area contributed by atoms with Gasteiger partial charge in [0.25, 0.3) is 0 Å². The van der Waals surface area contributed by atoms with Crippen LogP contribution in [0.3, 0.4) is 0 Å². The van der Waals surface area contributed by atoms with Crippen LogP contribution in [0.25, 0.3) is 0 Å². The first-order valence-electron chi connectivity index (χ1n) is 5.60. The Balaban J connectivity index is 2.63. The molecule has 1 fully saturated rings. The van der Waals surface area contributed by atoms with Gasteiger partial charge >= 0.3 is 5.97 Å². The van der Waals surface area contributed by atoms with Crippen LogP contribution < -0.4 is 0 Å². The second kappa shape index (κ2) is 5.14. The van der Waals surface area contributed by atoms with Crippen molar-refractivity contribution in [1.29, 1.82) is 0 Å². The van der Waals surface area contributed by atoms with Crippen LogP contribution in [0, 0.1) is 5.92 Å². The molecule has 0 bridgehead atoms. The average Bonchev–Trinajstić information content (AvgIpc) is 2.49. The molecule has 4 heteroatoms. The molecule has 0 saturated carbocycles. The predicted molar refractivity (Wildman–Crippen MR) is 54.5 cm³/mol. The molecule has 0 aromatic heterocycles. The topological polar surface area (TPSA) is 57.3 Å². The van der Waals surface area contributed by atoms with Gasteiger partial charge in [-0.15, -0.1) is 0 Å². The SMILES string of the molecule is CCC[C@@H]1CC(=O)N([C@@H](CC)C([O])=O)C1. The standard InChI is InChI=1S/C11H18NO3/c1-3-5-8-6-10(13)12(7-8)9(4-2)11(14)15/h8-9H,3-7H2,1-2H3/t8-,9+/m1/s1. The first-order chi connectivity index (χ1) is 7.10. The van der Waals surface area contributed by atoms with E-state index in [1.54, 1.807) is 6.92 Å². The van der Waals surface area contributed by atoms with Crippen molar-refractivity contribution in [3.63, 3.8) is 0 Å². The molecule has 0 N–H and O–H groups in total. The molecule has 0 unspecified atom stereocenters. The molecule has 1 aliphatic heterocycles. The highest BCUT2D eigenvalue weighted by Gasteiger charge is 2.36. The fourth-order valence-corrected chi connectivity index (χ4v) is 2.23. The predicted octanol–water partition coefficient (Wildman–Crippen LogP) is 1.37. The van der Waals surface area contributed by atoms with E-state index < -0.39 is 12.0 Å². The fraction of sp³-hybridized carbons (Fsp3) is 0.818. The molecule has 1 heterocycles. The van der Waals surface area contributed by atoms with E-state index in [9.17, 15) is 14.7 Å². The van der Waals surface area contributed by atoms with E-state index in [1.807, 2.05) is 0 Å². The molecule has 1 rings (SSSR count). The van der Waals surface area contributed by atoms with Gasteiger partial charge in [0, 0.05) is 13.0 Å². The quantitative estimate of drug-likeness (QED) is 0.691. The lowest BCUT2D eigenvalue weighted by Gasteiger charge is -2.22. The number of hydrogen-bond donors (Lipinski definition) is 0. The molecule has 15 heavy (non-hydrogen) atoms. The minimum Gasteiger partial charge on any atom is -0.328 e. The summed E-state index contributed by atoms with van der Waals surface area (Å²) in [4.78, 5) is 23.9. The molecule has 4 nitrogen and oxygen atoms in total. The van der Waals surface area contributed by atoms with Gasteiger partial charge in [0.05, 0.1) is 0 Å². The van der Waals surface area contributed by atoms with Crippen molar-refractivity contribution in [3.8, 4) is 0 Å². The first-order valence-corrected chi connectivity index (χ1v) is 5.60. The third-order valence-electron chi connectivity index (χ3n) is 2.97. The number of likely N-dealkylation sites (tertiary alicyclic amines) is 1. The highest BCUT2D eigenvalue weighted by Crippen LogP contribution is 2.24. The number of hydrogen-bond acceptors (Lipinski definition) is 2. The third-order valence-corrected chi connectivity index (χ3v) is 2.97. The van der Waals surface area contributed by atoms with E-state index >= 15 is 0 Å². The molecule has 0 aromatic rings. The molecular formula is C11H18NO3. The summed E-state index contributed by atoms with van der Waals surface area (Å²) in [7, 11) is 0. The molecule has 0 spiro atoms. The summed E-state index contributed by atoms with van der Waals surface area (Å²) in [5.41, 5.74) is 0. The zero-order valence-electron chi connectivity index (χ0n) is 9.36. The molecule has 1 amide bonds. The molecule has 1 radical (unpaired) electrons. The number of amides is 1. The van der Waals surface area contributed by atoms with Crippen LogP contribution in [-0.2, 0) is 14.7 Å². The summed E-state index contributed by atoms with van der Waals surface area (Å²) >= 11 is 0. The Labute approximate surface area is 90.3 Å². The zero-order valence-corrected chi connectivity index (χ0v) is 9.36. The van der Waals surface area contributed by atoms with Gasteiger partial charge in [0.15, 0.2) is 0 Å². The van der Waals surface area contributed by atoms with E-state index in [0.717, 1.165) is 12.8 Å². The minimum atomic E-state index is -1.14. The van der Waals surface area contributed by atoms with Crippen LogP contribution in [0.5, 0.6) is 0 Å². The van der Waals surface area contributed by atoms with Gasteiger partial charge in [0.2, 0.25) is 5.91 Å². The Bertz CT molecular complexity index is 252. The Morgan fingerprint density at radius 1 is 1.53 bits per heavy atom. The molecule has 85 valence electrons.